The van der Waals surface area contributed by atoms with E-state index in [4.69, 9.17) is 13.9 Å². The van der Waals surface area contributed by atoms with Crippen molar-refractivity contribution in [2.24, 2.45) is 5.92 Å². The van der Waals surface area contributed by atoms with Crippen LogP contribution in [0.5, 0.6) is 0 Å². The summed E-state index contributed by atoms with van der Waals surface area (Å²) in [6.07, 6.45) is 5.26. The van der Waals surface area contributed by atoms with E-state index in [0.717, 1.165) is 43.1 Å². The highest BCUT2D eigenvalue weighted by atomic mass is 16.5. The van der Waals surface area contributed by atoms with Crippen LogP contribution in [0.4, 0.5) is 0 Å². The van der Waals surface area contributed by atoms with Gasteiger partial charge in [0.2, 0.25) is 5.91 Å². The van der Waals surface area contributed by atoms with Crippen molar-refractivity contribution in [3.63, 3.8) is 0 Å². The minimum Gasteiger partial charge on any atom is -0.467 e. The van der Waals surface area contributed by atoms with Crippen molar-refractivity contribution >= 4 is 5.91 Å². The number of furan rings is 1. The lowest BCUT2D eigenvalue weighted by atomic mass is 10.1. The van der Waals surface area contributed by atoms with Gasteiger partial charge in [-0.2, -0.15) is 0 Å². The zero-order valence-corrected chi connectivity index (χ0v) is 14.2. The Bertz CT molecular complexity index is 704. The van der Waals surface area contributed by atoms with Crippen molar-refractivity contribution in [1.82, 2.24) is 14.5 Å². The molecule has 7 nitrogen and oxygen atoms in total. The Hall–Kier alpha value is -2.12. The number of fused-ring (bicyclic) bond motifs is 1. The maximum atomic E-state index is 12.7. The van der Waals surface area contributed by atoms with Crippen LogP contribution in [0.1, 0.15) is 30.0 Å². The molecular formula is C18H23N3O4. The average molecular weight is 345 g/mol. The van der Waals surface area contributed by atoms with Crippen molar-refractivity contribution in [3.8, 4) is 0 Å². The highest BCUT2D eigenvalue weighted by Gasteiger charge is 2.30. The summed E-state index contributed by atoms with van der Waals surface area (Å²) in [5.41, 5.74) is 1.97. The Morgan fingerprint density at radius 3 is 3.12 bits per heavy atom. The summed E-state index contributed by atoms with van der Waals surface area (Å²) in [6, 6.07) is 3.73. The summed E-state index contributed by atoms with van der Waals surface area (Å²) in [4.78, 5) is 19.2. The molecule has 1 fully saturated rings. The first-order chi connectivity index (χ1) is 12.3. The third-order valence-corrected chi connectivity index (χ3v) is 4.85. The van der Waals surface area contributed by atoms with E-state index in [-0.39, 0.29) is 11.8 Å². The fraction of sp³-hybridized carbons (Fsp3) is 0.556. The normalized spacial score (nSPS) is 20.5. The topological polar surface area (TPSA) is 69.7 Å². The lowest BCUT2D eigenvalue weighted by Crippen LogP contribution is -2.36. The Morgan fingerprint density at radius 1 is 1.36 bits per heavy atom. The second-order valence-electron chi connectivity index (χ2n) is 6.58. The van der Waals surface area contributed by atoms with Crippen LogP contribution in [0.2, 0.25) is 0 Å². The van der Waals surface area contributed by atoms with Crippen LogP contribution in [-0.2, 0) is 40.6 Å². The molecule has 7 heteroatoms. The van der Waals surface area contributed by atoms with Crippen LogP contribution in [-0.4, -0.2) is 40.1 Å². The predicted molar refractivity (Wildman–Crippen MR) is 88.4 cm³/mol. The van der Waals surface area contributed by atoms with Crippen LogP contribution in [0.15, 0.2) is 29.1 Å². The molecule has 0 N–H and O–H groups in total. The molecule has 134 valence electrons. The standard InChI is InChI=1S/C18H23N3O4/c22-18(14-4-8-23-10-14)20-5-2-6-21-13-19-16(17(21)9-20)12-24-11-15-3-1-7-25-15/h1,3,7,13-14H,2,4-6,8-12H2/t14-/m1/s1. The summed E-state index contributed by atoms with van der Waals surface area (Å²) in [7, 11) is 0. The summed E-state index contributed by atoms with van der Waals surface area (Å²) in [6.45, 7) is 4.32. The van der Waals surface area contributed by atoms with E-state index in [1.165, 1.54) is 0 Å². The van der Waals surface area contributed by atoms with Crippen LogP contribution in [0.25, 0.3) is 0 Å². The van der Waals surface area contributed by atoms with Crippen molar-refractivity contribution in [3.05, 3.63) is 41.9 Å². The lowest BCUT2D eigenvalue weighted by Gasteiger charge is -2.23. The largest absolute Gasteiger partial charge is 0.467 e. The van der Waals surface area contributed by atoms with Gasteiger partial charge in [-0.15, -0.1) is 0 Å². The van der Waals surface area contributed by atoms with Gasteiger partial charge in [0.1, 0.15) is 12.4 Å². The van der Waals surface area contributed by atoms with Gasteiger partial charge in [0.25, 0.3) is 0 Å². The van der Waals surface area contributed by atoms with Crippen molar-refractivity contribution in [2.45, 2.75) is 39.1 Å². The number of nitrogens with zero attached hydrogens (tertiary/aromatic N) is 3. The zero-order chi connectivity index (χ0) is 17.1. The van der Waals surface area contributed by atoms with Crippen LogP contribution < -0.4 is 0 Å². The van der Waals surface area contributed by atoms with Gasteiger partial charge in [-0.25, -0.2) is 4.98 Å². The first-order valence-corrected chi connectivity index (χ1v) is 8.81. The van der Waals surface area contributed by atoms with Gasteiger partial charge in [0, 0.05) is 19.7 Å². The number of rotatable bonds is 5. The van der Waals surface area contributed by atoms with Crippen LogP contribution >= 0.6 is 0 Å². The molecule has 0 aromatic carbocycles. The molecule has 0 aliphatic carbocycles. The molecule has 2 aromatic rings. The molecule has 25 heavy (non-hydrogen) atoms. The Balaban J connectivity index is 1.42. The lowest BCUT2D eigenvalue weighted by molar-refractivity contribution is -0.136. The van der Waals surface area contributed by atoms with E-state index in [9.17, 15) is 4.79 Å². The number of carbonyl (C=O) groups is 1. The number of hydrogen-bond donors (Lipinski definition) is 0. The number of aryl methyl sites for hydroxylation is 1. The molecule has 1 amide bonds. The zero-order valence-electron chi connectivity index (χ0n) is 14.2. The maximum absolute atomic E-state index is 12.7. The third-order valence-electron chi connectivity index (χ3n) is 4.85. The fourth-order valence-electron chi connectivity index (χ4n) is 3.46. The molecule has 0 unspecified atom stereocenters. The number of ether oxygens (including phenoxy) is 2. The number of amides is 1. The van der Waals surface area contributed by atoms with Gasteiger partial charge in [-0.3, -0.25) is 4.79 Å². The summed E-state index contributed by atoms with van der Waals surface area (Å²) >= 11 is 0. The van der Waals surface area contributed by atoms with E-state index < -0.39 is 0 Å². The monoisotopic (exact) mass is 345 g/mol. The Morgan fingerprint density at radius 2 is 2.32 bits per heavy atom. The van der Waals surface area contributed by atoms with Crippen LogP contribution in [0.3, 0.4) is 0 Å². The van der Waals surface area contributed by atoms with Crippen molar-refractivity contribution in [2.75, 3.05) is 19.8 Å². The van der Waals surface area contributed by atoms with Gasteiger partial charge in [-0.05, 0) is 25.0 Å². The minimum atomic E-state index is 0.00752. The smallest absolute Gasteiger partial charge is 0.228 e. The molecule has 0 bridgehead atoms. The van der Waals surface area contributed by atoms with E-state index in [0.29, 0.717) is 33.0 Å². The molecule has 0 saturated carbocycles. The van der Waals surface area contributed by atoms with Gasteiger partial charge in [0.15, 0.2) is 0 Å². The number of imidazole rings is 1. The summed E-state index contributed by atoms with van der Waals surface area (Å²) in [5.74, 6) is 1.01. The van der Waals surface area contributed by atoms with Gasteiger partial charge in [0.05, 0.1) is 49.7 Å². The fourth-order valence-corrected chi connectivity index (χ4v) is 3.46. The first kappa shape index (κ1) is 16.4. The molecule has 1 saturated heterocycles. The first-order valence-electron chi connectivity index (χ1n) is 8.81. The highest BCUT2D eigenvalue weighted by Crippen LogP contribution is 2.22. The SMILES string of the molecule is O=C([C@@H]1CCOC1)N1CCCn2cnc(COCc3ccco3)c2C1. The van der Waals surface area contributed by atoms with Crippen molar-refractivity contribution < 1.29 is 18.7 Å². The third kappa shape index (κ3) is 3.62. The number of hydrogen-bond acceptors (Lipinski definition) is 5. The molecular weight excluding hydrogens is 322 g/mol. The molecule has 4 rings (SSSR count). The molecule has 2 aromatic heterocycles. The molecule has 2 aliphatic rings. The molecule has 4 heterocycles. The van der Waals surface area contributed by atoms with Crippen LogP contribution in [0, 0.1) is 5.92 Å². The summed E-state index contributed by atoms with van der Waals surface area (Å²) < 4.78 is 18.5. The molecule has 1 atom stereocenters. The Labute approximate surface area is 146 Å². The number of carbonyl (C=O) groups excluding carboxylic acids is 1. The van der Waals surface area contributed by atoms with Crippen molar-refractivity contribution in [1.29, 1.82) is 0 Å². The van der Waals surface area contributed by atoms with E-state index in [1.54, 1.807) is 6.26 Å². The van der Waals surface area contributed by atoms with Gasteiger partial charge < -0.3 is 23.4 Å². The van der Waals surface area contributed by atoms with E-state index >= 15 is 0 Å². The molecule has 0 spiro atoms. The molecule has 2 aliphatic heterocycles. The predicted octanol–water partition coefficient (Wildman–Crippen LogP) is 1.96. The van der Waals surface area contributed by atoms with E-state index in [2.05, 4.69) is 9.55 Å². The second-order valence-corrected chi connectivity index (χ2v) is 6.58. The minimum absolute atomic E-state index is 0.00752. The molecule has 0 radical (unpaired) electrons. The quantitative estimate of drug-likeness (QED) is 0.828. The Kier molecular flexibility index (Phi) is 4.85. The second kappa shape index (κ2) is 7.41. The van der Waals surface area contributed by atoms with E-state index in [1.807, 2.05) is 23.4 Å². The number of aromatic nitrogens is 2. The summed E-state index contributed by atoms with van der Waals surface area (Å²) in [5, 5.41) is 0. The highest BCUT2D eigenvalue weighted by molar-refractivity contribution is 5.79. The van der Waals surface area contributed by atoms with Gasteiger partial charge >= 0.3 is 0 Å². The maximum Gasteiger partial charge on any atom is 0.228 e. The average Bonchev–Trinajstić information content (AvgIpc) is 3.36. The van der Waals surface area contributed by atoms with Gasteiger partial charge in [-0.1, -0.05) is 0 Å².